The van der Waals surface area contributed by atoms with Gasteiger partial charge < -0.3 is 16.2 Å². The molecule has 0 bridgehead atoms. The quantitative estimate of drug-likeness (QED) is 0.401. The van der Waals surface area contributed by atoms with Gasteiger partial charge in [-0.1, -0.05) is 30.3 Å². The number of aromatic nitrogens is 5. The van der Waals surface area contributed by atoms with E-state index in [4.69, 9.17) is 21.2 Å². The molecule has 1 aliphatic heterocycles. The van der Waals surface area contributed by atoms with Gasteiger partial charge in [-0.3, -0.25) is 4.98 Å². The van der Waals surface area contributed by atoms with Crippen LogP contribution in [0.1, 0.15) is 23.9 Å². The number of nitrogen functional groups attached to an aromatic ring is 1. The topological polar surface area (TPSA) is 129 Å². The maximum Gasteiger partial charge on any atom is 0.428 e. The molecule has 0 spiro atoms. The standard InChI is InChI=1S/C24H27N7O2/c1-14-10-18(11-15(2)27-14)20-21(16-6-4-3-5-7-16)28-23(26)30-22(20)29-31(24(30)32)19(12-25)17-8-9-33-13-17/h3-7,10-11,17,19H,8-9,12-13,25H2,1-2H3,(H2,26,27,28,29)/p+1. The smallest absolute Gasteiger partial charge is 0.381 e. The van der Waals surface area contributed by atoms with Crippen LogP contribution in [0.15, 0.2) is 47.3 Å². The molecule has 0 saturated carbocycles. The number of aryl methyl sites for hydroxylation is 2. The fraction of sp³-hybridized carbons (Fsp3) is 0.333. The third kappa shape index (κ3) is 3.69. The Labute approximate surface area is 191 Å². The number of nitrogens with zero attached hydrogens (tertiary/aromatic N) is 4. The molecule has 0 amide bonds. The van der Waals surface area contributed by atoms with Gasteiger partial charge in [0.15, 0.2) is 0 Å². The summed E-state index contributed by atoms with van der Waals surface area (Å²) in [6, 6.07) is 13.6. The van der Waals surface area contributed by atoms with E-state index in [9.17, 15) is 4.79 Å². The molecule has 0 radical (unpaired) electrons. The molecule has 1 aromatic carbocycles. The highest BCUT2D eigenvalue weighted by Gasteiger charge is 2.33. The van der Waals surface area contributed by atoms with Crippen molar-refractivity contribution in [2.75, 3.05) is 25.5 Å². The zero-order chi connectivity index (χ0) is 23.1. The number of nitrogens with two attached hydrogens (primary N) is 2. The summed E-state index contributed by atoms with van der Waals surface area (Å²) in [6.45, 7) is 5.46. The first kappa shape index (κ1) is 21.3. The van der Waals surface area contributed by atoms with Gasteiger partial charge in [-0.15, -0.1) is 9.38 Å². The summed E-state index contributed by atoms with van der Waals surface area (Å²) in [7, 11) is 0. The van der Waals surface area contributed by atoms with Crippen LogP contribution in [0.3, 0.4) is 0 Å². The maximum atomic E-state index is 13.5. The zero-order valence-corrected chi connectivity index (χ0v) is 18.8. The minimum atomic E-state index is -0.291. The van der Waals surface area contributed by atoms with E-state index in [2.05, 4.69) is 10.1 Å². The van der Waals surface area contributed by atoms with Crippen LogP contribution >= 0.6 is 0 Å². The summed E-state index contributed by atoms with van der Waals surface area (Å²) in [4.78, 5) is 22.7. The van der Waals surface area contributed by atoms with Crippen LogP contribution in [0.2, 0.25) is 0 Å². The molecule has 5 rings (SSSR count). The van der Waals surface area contributed by atoms with Gasteiger partial charge in [-0.25, -0.2) is 9.89 Å². The van der Waals surface area contributed by atoms with Crippen molar-refractivity contribution in [2.24, 2.45) is 11.7 Å². The van der Waals surface area contributed by atoms with Gasteiger partial charge in [0.25, 0.3) is 0 Å². The number of ether oxygens (including phenoxy) is 1. The van der Waals surface area contributed by atoms with Crippen molar-refractivity contribution in [1.29, 1.82) is 0 Å². The summed E-state index contributed by atoms with van der Waals surface area (Å²) in [5, 5.41) is 3.34. The van der Waals surface area contributed by atoms with E-state index in [1.807, 2.05) is 56.3 Å². The van der Waals surface area contributed by atoms with Gasteiger partial charge >= 0.3 is 11.6 Å². The Morgan fingerprint density at radius 1 is 1.18 bits per heavy atom. The maximum absolute atomic E-state index is 13.5. The van der Waals surface area contributed by atoms with Crippen LogP contribution in [-0.4, -0.2) is 39.5 Å². The summed E-state index contributed by atoms with van der Waals surface area (Å²) in [5.41, 5.74) is 17.8. The van der Waals surface area contributed by atoms with Crippen molar-refractivity contribution < 1.29 is 9.14 Å². The van der Waals surface area contributed by atoms with Crippen molar-refractivity contribution in [1.82, 2.24) is 19.7 Å². The summed E-state index contributed by atoms with van der Waals surface area (Å²) in [6.07, 6.45) is 0.854. The first-order valence-electron chi connectivity index (χ1n) is 11.1. The second-order valence-electron chi connectivity index (χ2n) is 8.57. The fourth-order valence-corrected chi connectivity index (χ4v) is 4.77. The van der Waals surface area contributed by atoms with Gasteiger partial charge in [0, 0.05) is 36.0 Å². The number of benzene rings is 1. The molecule has 1 saturated heterocycles. The van der Waals surface area contributed by atoms with E-state index in [0.29, 0.717) is 31.1 Å². The number of hydrogen-bond acceptors (Lipinski definition) is 6. The second kappa shape index (κ2) is 8.42. The molecular formula is C24H28N7O2+. The number of rotatable bonds is 5. The highest BCUT2D eigenvalue weighted by molar-refractivity contribution is 5.88. The van der Waals surface area contributed by atoms with Gasteiger partial charge in [-0.2, -0.15) is 4.68 Å². The minimum Gasteiger partial charge on any atom is -0.381 e. The number of hydrogen-bond donors (Lipinski definition) is 3. The molecule has 3 aromatic heterocycles. The van der Waals surface area contributed by atoms with Crippen LogP contribution < -0.4 is 21.6 Å². The molecule has 9 nitrogen and oxygen atoms in total. The van der Waals surface area contributed by atoms with Crippen molar-refractivity contribution in [3.05, 3.63) is 64.3 Å². The number of anilines is 1. The number of fused-ring (bicyclic) bond motifs is 1. The van der Waals surface area contributed by atoms with Crippen molar-refractivity contribution >= 4 is 11.6 Å². The molecule has 4 heterocycles. The van der Waals surface area contributed by atoms with Crippen LogP contribution in [0.4, 0.5) is 5.95 Å². The molecule has 1 fully saturated rings. The Balaban J connectivity index is 1.84. The zero-order valence-electron chi connectivity index (χ0n) is 18.8. The second-order valence-corrected chi connectivity index (χ2v) is 8.57. The van der Waals surface area contributed by atoms with Crippen LogP contribution in [0, 0.1) is 19.8 Å². The molecule has 2 unspecified atom stereocenters. The molecule has 9 heteroatoms. The van der Waals surface area contributed by atoms with Crippen molar-refractivity contribution in [2.45, 2.75) is 26.3 Å². The Morgan fingerprint density at radius 2 is 1.91 bits per heavy atom. The highest BCUT2D eigenvalue weighted by Crippen LogP contribution is 2.33. The van der Waals surface area contributed by atoms with Gasteiger partial charge in [0.2, 0.25) is 5.65 Å². The van der Waals surface area contributed by atoms with E-state index >= 15 is 0 Å². The Kier molecular flexibility index (Phi) is 5.43. The Hall–Kier alpha value is -3.56. The fourth-order valence-electron chi connectivity index (χ4n) is 4.77. The third-order valence-electron chi connectivity index (χ3n) is 6.28. The van der Waals surface area contributed by atoms with E-state index in [1.165, 1.54) is 4.40 Å². The lowest BCUT2D eigenvalue weighted by Gasteiger charge is -2.17. The Bertz CT molecular complexity index is 1350. The van der Waals surface area contributed by atoms with Crippen molar-refractivity contribution in [3.63, 3.8) is 0 Å². The lowest BCUT2D eigenvalue weighted by Crippen LogP contribution is -2.47. The van der Waals surface area contributed by atoms with Crippen LogP contribution in [0.25, 0.3) is 28.0 Å². The summed E-state index contributed by atoms with van der Waals surface area (Å²) < 4.78 is 8.58. The monoisotopic (exact) mass is 446 g/mol. The molecule has 170 valence electrons. The molecule has 33 heavy (non-hydrogen) atoms. The largest absolute Gasteiger partial charge is 0.428 e. The molecule has 2 atom stereocenters. The SMILES string of the molecule is Cc1cc(-c2c(-c3ccccc3)nc(N)[n+]3c(=O)n(C(CN)C4CCOC4)[nH]c23)cc(C)n1. The summed E-state index contributed by atoms with van der Waals surface area (Å²) >= 11 is 0. The van der Waals surface area contributed by atoms with Crippen LogP contribution in [-0.2, 0) is 4.74 Å². The number of aromatic amines is 1. The van der Waals surface area contributed by atoms with Gasteiger partial charge in [0.05, 0.1) is 12.2 Å². The average molecular weight is 447 g/mol. The van der Waals surface area contributed by atoms with Gasteiger partial charge in [0.1, 0.15) is 11.7 Å². The lowest BCUT2D eigenvalue weighted by atomic mass is 9.99. The normalized spacial score (nSPS) is 17.0. The minimum absolute atomic E-state index is 0.119. The van der Waals surface area contributed by atoms with E-state index in [0.717, 1.165) is 34.5 Å². The predicted octanol–water partition coefficient (Wildman–Crippen LogP) is 1.77. The average Bonchev–Trinajstić information content (AvgIpc) is 3.43. The number of nitrogens with one attached hydrogen (secondary N) is 1. The first-order chi connectivity index (χ1) is 16.0. The van der Waals surface area contributed by atoms with Gasteiger partial charge in [-0.05, 0) is 38.0 Å². The molecule has 5 N–H and O–H groups in total. The number of H-pyrrole nitrogens is 1. The predicted molar refractivity (Wildman–Crippen MR) is 126 cm³/mol. The highest BCUT2D eigenvalue weighted by atomic mass is 16.5. The molecular weight excluding hydrogens is 418 g/mol. The van der Waals surface area contributed by atoms with E-state index in [-0.39, 0.29) is 23.6 Å². The number of pyridine rings is 1. The third-order valence-corrected chi connectivity index (χ3v) is 6.28. The molecule has 0 aliphatic carbocycles. The first-order valence-corrected chi connectivity index (χ1v) is 11.1. The molecule has 1 aliphatic rings. The van der Waals surface area contributed by atoms with Crippen LogP contribution in [0.5, 0.6) is 0 Å². The lowest BCUT2D eigenvalue weighted by molar-refractivity contribution is -0.517. The molecule has 4 aromatic rings. The Morgan fingerprint density at radius 3 is 2.55 bits per heavy atom. The van der Waals surface area contributed by atoms with E-state index in [1.54, 1.807) is 4.68 Å². The van der Waals surface area contributed by atoms with Crippen molar-refractivity contribution in [3.8, 4) is 22.4 Å². The van der Waals surface area contributed by atoms with E-state index < -0.39 is 0 Å². The summed E-state index contributed by atoms with van der Waals surface area (Å²) in [5.74, 6) is 0.270.